The second-order valence-electron chi connectivity index (χ2n) is 7.19. The van der Waals surface area contributed by atoms with Crippen molar-refractivity contribution in [1.82, 2.24) is 0 Å². The van der Waals surface area contributed by atoms with Crippen molar-refractivity contribution in [2.75, 3.05) is 4.90 Å². The molecule has 0 bridgehead atoms. The van der Waals surface area contributed by atoms with Gasteiger partial charge in [-0.3, -0.25) is 24.6 Å². The number of anilines is 1. The van der Waals surface area contributed by atoms with Crippen molar-refractivity contribution in [1.29, 1.82) is 0 Å². The van der Waals surface area contributed by atoms with Crippen LogP contribution >= 0.6 is 0 Å². The van der Waals surface area contributed by atoms with E-state index in [1.165, 1.54) is 23.1 Å². The number of aryl methyl sites for hydroxylation is 1. The predicted octanol–water partition coefficient (Wildman–Crippen LogP) is 4.53. The van der Waals surface area contributed by atoms with E-state index in [0.717, 1.165) is 5.56 Å². The molecule has 4 rings (SSSR count). The summed E-state index contributed by atoms with van der Waals surface area (Å²) in [6, 6.07) is 20.0. The van der Waals surface area contributed by atoms with Gasteiger partial charge in [0.05, 0.1) is 16.1 Å². The van der Waals surface area contributed by atoms with Crippen molar-refractivity contribution in [2.45, 2.75) is 13.0 Å². The Hall–Kier alpha value is -4.26. The Labute approximate surface area is 178 Å². The van der Waals surface area contributed by atoms with Gasteiger partial charge in [-0.25, -0.2) is 0 Å². The van der Waals surface area contributed by atoms with Crippen LogP contribution in [0.2, 0.25) is 0 Å². The summed E-state index contributed by atoms with van der Waals surface area (Å²) < 4.78 is 0. The van der Waals surface area contributed by atoms with Crippen LogP contribution in [-0.4, -0.2) is 21.7 Å². The lowest BCUT2D eigenvalue weighted by Gasteiger charge is -2.25. The number of amides is 1. The quantitative estimate of drug-likeness (QED) is 0.222. The number of nitrogens with zero attached hydrogens (tertiary/aromatic N) is 2. The molecule has 3 aromatic carbocycles. The minimum atomic E-state index is -1.15. The standard InChI is InChI=1S/C24H18N2O5/c1-15-8-7-11-17(14-15)25-21(18-12-5-6-13-19(18)26(30)31)20(23(28)24(25)29)22(27)16-9-3-2-4-10-16/h2-14,21,27H,1H3/b22-20+/t21-/m0/s1. The van der Waals surface area contributed by atoms with Crippen LogP contribution in [-0.2, 0) is 9.59 Å². The van der Waals surface area contributed by atoms with Crippen molar-refractivity contribution < 1.29 is 19.6 Å². The van der Waals surface area contributed by atoms with Gasteiger partial charge in [0.2, 0.25) is 0 Å². The molecule has 1 aliphatic heterocycles. The summed E-state index contributed by atoms with van der Waals surface area (Å²) >= 11 is 0. The molecule has 0 spiro atoms. The van der Waals surface area contributed by atoms with Crippen molar-refractivity contribution >= 4 is 28.8 Å². The molecular formula is C24H18N2O5. The number of Topliss-reactive ketones (excluding diaryl/α,β-unsaturated/α-hetero) is 1. The Balaban J connectivity index is 2.02. The molecule has 0 unspecified atom stereocenters. The van der Waals surface area contributed by atoms with Crippen molar-refractivity contribution in [2.24, 2.45) is 0 Å². The Kier molecular flexibility index (Phi) is 5.09. The number of rotatable bonds is 4. The number of para-hydroxylation sites is 1. The molecule has 1 heterocycles. The first kappa shape index (κ1) is 20.0. The highest BCUT2D eigenvalue weighted by Gasteiger charge is 2.48. The van der Waals surface area contributed by atoms with Crippen LogP contribution < -0.4 is 4.90 Å². The van der Waals surface area contributed by atoms with E-state index in [-0.39, 0.29) is 22.6 Å². The average Bonchev–Trinajstić information content (AvgIpc) is 3.04. The van der Waals surface area contributed by atoms with E-state index < -0.39 is 22.7 Å². The Morgan fingerprint density at radius 3 is 2.32 bits per heavy atom. The maximum atomic E-state index is 13.1. The lowest BCUT2D eigenvalue weighted by Crippen LogP contribution is -2.29. The highest BCUT2D eigenvalue weighted by atomic mass is 16.6. The van der Waals surface area contributed by atoms with Crippen LogP contribution in [0.4, 0.5) is 11.4 Å². The molecule has 0 radical (unpaired) electrons. The zero-order valence-electron chi connectivity index (χ0n) is 16.6. The molecule has 1 atom stereocenters. The molecule has 154 valence electrons. The summed E-state index contributed by atoms with van der Waals surface area (Å²) in [5, 5.41) is 22.7. The van der Waals surface area contributed by atoms with Crippen LogP contribution in [0.1, 0.15) is 22.7 Å². The average molecular weight is 414 g/mol. The largest absolute Gasteiger partial charge is 0.507 e. The molecule has 7 nitrogen and oxygen atoms in total. The van der Waals surface area contributed by atoms with Gasteiger partial charge < -0.3 is 5.11 Å². The number of nitro groups is 1. The van der Waals surface area contributed by atoms with E-state index in [2.05, 4.69) is 0 Å². The third-order valence-corrected chi connectivity index (χ3v) is 5.20. The maximum Gasteiger partial charge on any atom is 0.300 e. The highest BCUT2D eigenvalue weighted by Crippen LogP contribution is 2.44. The molecular weight excluding hydrogens is 396 g/mol. The fourth-order valence-electron chi connectivity index (χ4n) is 3.81. The lowest BCUT2D eigenvalue weighted by molar-refractivity contribution is -0.385. The molecule has 0 saturated carbocycles. The van der Waals surface area contributed by atoms with Crippen LogP contribution in [0, 0.1) is 17.0 Å². The number of benzene rings is 3. The fraction of sp³-hybridized carbons (Fsp3) is 0.0833. The van der Waals surface area contributed by atoms with E-state index in [1.54, 1.807) is 54.6 Å². The molecule has 1 N–H and O–H groups in total. The highest BCUT2D eigenvalue weighted by molar-refractivity contribution is 6.51. The van der Waals surface area contributed by atoms with E-state index in [4.69, 9.17) is 0 Å². The van der Waals surface area contributed by atoms with Crippen LogP contribution in [0.3, 0.4) is 0 Å². The summed E-state index contributed by atoms with van der Waals surface area (Å²) in [5.41, 5.74) is 1.32. The molecule has 31 heavy (non-hydrogen) atoms. The number of hydrogen-bond donors (Lipinski definition) is 1. The van der Waals surface area contributed by atoms with Gasteiger partial charge in [-0.2, -0.15) is 0 Å². The molecule has 1 fully saturated rings. The van der Waals surface area contributed by atoms with E-state index in [1.807, 2.05) is 13.0 Å². The molecule has 1 amide bonds. The number of carbonyl (C=O) groups excluding carboxylic acids is 2. The smallest absolute Gasteiger partial charge is 0.300 e. The van der Waals surface area contributed by atoms with Gasteiger partial charge in [-0.05, 0) is 30.7 Å². The van der Waals surface area contributed by atoms with Crippen LogP contribution in [0.25, 0.3) is 5.76 Å². The normalized spacial score (nSPS) is 17.7. The van der Waals surface area contributed by atoms with Crippen LogP contribution in [0.5, 0.6) is 0 Å². The van der Waals surface area contributed by atoms with Crippen molar-refractivity contribution in [3.8, 4) is 0 Å². The van der Waals surface area contributed by atoms with E-state index >= 15 is 0 Å². The molecule has 1 saturated heterocycles. The van der Waals surface area contributed by atoms with Gasteiger partial charge in [0.25, 0.3) is 17.4 Å². The summed E-state index contributed by atoms with van der Waals surface area (Å²) in [6.45, 7) is 1.84. The second kappa shape index (κ2) is 7.87. The first-order valence-electron chi connectivity index (χ1n) is 9.56. The number of carbonyl (C=O) groups is 2. The van der Waals surface area contributed by atoms with Gasteiger partial charge >= 0.3 is 0 Å². The van der Waals surface area contributed by atoms with Gasteiger partial charge in [-0.1, -0.05) is 54.6 Å². The van der Waals surface area contributed by atoms with E-state index in [0.29, 0.717) is 11.3 Å². The van der Waals surface area contributed by atoms with Crippen molar-refractivity contribution in [3.63, 3.8) is 0 Å². The number of ketones is 1. The summed E-state index contributed by atoms with van der Waals surface area (Å²) in [6.07, 6.45) is 0. The molecule has 0 aromatic heterocycles. The molecule has 0 aliphatic carbocycles. The molecule has 1 aliphatic rings. The van der Waals surface area contributed by atoms with Gasteiger partial charge in [0.1, 0.15) is 11.8 Å². The Bertz CT molecular complexity index is 1230. The van der Waals surface area contributed by atoms with E-state index in [9.17, 15) is 24.8 Å². The Morgan fingerprint density at radius 2 is 1.65 bits per heavy atom. The number of hydrogen-bond acceptors (Lipinski definition) is 5. The zero-order valence-corrected chi connectivity index (χ0v) is 16.6. The number of nitro benzene ring substituents is 1. The Morgan fingerprint density at radius 1 is 0.968 bits per heavy atom. The third kappa shape index (κ3) is 3.46. The summed E-state index contributed by atoms with van der Waals surface area (Å²) in [7, 11) is 0. The number of aliphatic hydroxyl groups excluding tert-OH is 1. The first-order valence-corrected chi connectivity index (χ1v) is 9.56. The monoisotopic (exact) mass is 414 g/mol. The summed E-state index contributed by atoms with van der Waals surface area (Å²) in [5.74, 6) is -2.13. The summed E-state index contributed by atoms with van der Waals surface area (Å²) in [4.78, 5) is 38.5. The lowest BCUT2D eigenvalue weighted by atomic mass is 9.94. The third-order valence-electron chi connectivity index (χ3n) is 5.20. The first-order chi connectivity index (χ1) is 14.9. The molecule has 3 aromatic rings. The predicted molar refractivity (Wildman–Crippen MR) is 116 cm³/mol. The minimum Gasteiger partial charge on any atom is -0.507 e. The van der Waals surface area contributed by atoms with Gasteiger partial charge in [-0.15, -0.1) is 0 Å². The maximum absolute atomic E-state index is 13.1. The minimum absolute atomic E-state index is 0.144. The topological polar surface area (TPSA) is 101 Å². The molecule has 7 heteroatoms. The fourth-order valence-corrected chi connectivity index (χ4v) is 3.81. The van der Waals surface area contributed by atoms with Gasteiger partial charge in [0.15, 0.2) is 0 Å². The van der Waals surface area contributed by atoms with Crippen LogP contribution in [0.15, 0.2) is 84.4 Å². The van der Waals surface area contributed by atoms with Gasteiger partial charge in [0, 0.05) is 17.3 Å². The second-order valence-corrected chi connectivity index (χ2v) is 7.19. The van der Waals surface area contributed by atoms with Crippen molar-refractivity contribution in [3.05, 3.63) is 111 Å². The number of aliphatic hydroxyl groups is 1. The SMILES string of the molecule is Cc1cccc(N2C(=O)C(=O)/C(=C(/O)c3ccccc3)[C@@H]2c2ccccc2[N+](=O)[O-])c1. The zero-order chi connectivity index (χ0) is 22.1.